The Morgan fingerprint density at radius 1 is 1.41 bits per heavy atom. The van der Waals surface area contributed by atoms with Crippen LogP contribution in [-0.4, -0.2) is 25.5 Å². The number of anilines is 1. The number of aryl methyl sites for hydroxylation is 2. The molecular formula is C10H14N6O. The van der Waals surface area contributed by atoms with Gasteiger partial charge in [-0.15, -0.1) is 0 Å². The van der Waals surface area contributed by atoms with Crippen molar-refractivity contribution in [3.8, 4) is 0 Å². The Bertz CT molecular complexity index is 541. The average molecular weight is 234 g/mol. The summed E-state index contributed by atoms with van der Waals surface area (Å²) in [5.74, 6) is -0.297. The summed E-state index contributed by atoms with van der Waals surface area (Å²) >= 11 is 0. The molecule has 2 rings (SSSR count). The van der Waals surface area contributed by atoms with Crippen LogP contribution in [0, 0.1) is 0 Å². The van der Waals surface area contributed by atoms with Crippen LogP contribution in [0.3, 0.4) is 0 Å². The number of carbonyl (C=O) groups excluding carboxylic acids is 1. The maximum Gasteiger partial charge on any atom is 0.274 e. The van der Waals surface area contributed by atoms with Crippen LogP contribution < -0.4 is 11.1 Å². The van der Waals surface area contributed by atoms with Gasteiger partial charge in [-0.1, -0.05) is 0 Å². The first-order chi connectivity index (χ1) is 8.06. The van der Waals surface area contributed by atoms with Gasteiger partial charge in [0, 0.05) is 26.5 Å². The van der Waals surface area contributed by atoms with Crippen LogP contribution in [0.15, 0.2) is 18.5 Å². The second-order valence-corrected chi connectivity index (χ2v) is 3.77. The van der Waals surface area contributed by atoms with E-state index in [9.17, 15) is 4.79 Å². The molecule has 0 bridgehead atoms. The summed E-state index contributed by atoms with van der Waals surface area (Å²) < 4.78 is 3.18. The van der Waals surface area contributed by atoms with Gasteiger partial charge in [-0.2, -0.15) is 10.2 Å². The molecule has 90 valence electrons. The van der Waals surface area contributed by atoms with Gasteiger partial charge in [0.2, 0.25) is 0 Å². The number of aromatic nitrogens is 4. The number of nitrogens with two attached hydrogens (primary N) is 1. The standard InChI is InChI=1S/C10H14N6O/c1-15-4-3-7(13-15)5-12-10(17)9-8(11)6-16(2)14-9/h3-4,6H,5,11H2,1-2H3,(H,12,17). The van der Waals surface area contributed by atoms with Crippen LogP contribution in [0.25, 0.3) is 0 Å². The number of nitrogens with zero attached hydrogens (tertiary/aromatic N) is 4. The summed E-state index contributed by atoms with van der Waals surface area (Å²) in [6, 6.07) is 1.84. The highest BCUT2D eigenvalue weighted by Crippen LogP contribution is 2.07. The Kier molecular flexibility index (Phi) is 2.82. The van der Waals surface area contributed by atoms with E-state index >= 15 is 0 Å². The molecule has 17 heavy (non-hydrogen) atoms. The zero-order chi connectivity index (χ0) is 12.4. The van der Waals surface area contributed by atoms with Gasteiger partial charge in [-0.25, -0.2) is 0 Å². The molecule has 0 saturated carbocycles. The fourth-order valence-electron chi connectivity index (χ4n) is 1.50. The maximum atomic E-state index is 11.8. The van der Waals surface area contributed by atoms with Gasteiger partial charge in [0.15, 0.2) is 5.69 Å². The lowest BCUT2D eigenvalue weighted by molar-refractivity contribution is 0.0945. The zero-order valence-electron chi connectivity index (χ0n) is 9.71. The van der Waals surface area contributed by atoms with Crippen molar-refractivity contribution in [3.05, 3.63) is 29.8 Å². The van der Waals surface area contributed by atoms with Gasteiger partial charge in [-0.05, 0) is 6.07 Å². The molecule has 1 amide bonds. The summed E-state index contributed by atoms with van der Waals surface area (Å²) in [5, 5.41) is 10.8. The van der Waals surface area contributed by atoms with E-state index in [4.69, 9.17) is 5.73 Å². The molecule has 0 aliphatic carbocycles. The molecule has 0 aliphatic heterocycles. The van der Waals surface area contributed by atoms with Gasteiger partial charge in [0.25, 0.3) is 5.91 Å². The van der Waals surface area contributed by atoms with Gasteiger partial charge < -0.3 is 11.1 Å². The Balaban J connectivity index is 2.00. The van der Waals surface area contributed by atoms with Gasteiger partial charge in [-0.3, -0.25) is 14.2 Å². The second-order valence-electron chi connectivity index (χ2n) is 3.77. The number of nitrogen functional groups attached to an aromatic ring is 1. The van der Waals surface area contributed by atoms with E-state index in [1.54, 1.807) is 17.9 Å². The predicted octanol–water partition coefficient (Wildman–Crippen LogP) is -0.334. The third-order valence-electron chi connectivity index (χ3n) is 2.27. The van der Waals surface area contributed by atoms with E-state index in [-0.39, 0.29) is 11.6 Å². The second kappa shape index (κ2) is 4.28. The van der Waals surface area contributed by atoms with Crippen LogP contribution in [0.1, 0.15) is 16.2 Å². The van der Waals surface area contributed by atoms with Crippen LogP contribution in [0.5, 0.6) is 0 Å². The smallest absolute Gasteiger partial charge is 0.274 e. The summed E-state index contributed by atoms with van der Waals surface area (Å²) in [5.41, 5.74) is 7.04. The highest BCUT2D eigenvalue weighted by atomic mass is 16.2. The molecule has 0 aromatic carbocycles. The minimum absolute atomic E-state index is 0.239. The van der Waals surface area contributed by atoms with E-state index in [1.165, 1.54) is 4.68 Å². The van der Waals surface area contributed by atoms with Crippen molar-refractivity contribution < 1.29 is 4.79 Å². The number of nitrogens with one attached hydrogen (secondary N) is 1. The lowest BCUT2D eigenvalue weighted by atomic mass is 10.3. The first-order valence-electron chi connectivity index (χ1n) is 5.12. The van der Waals surface area contributed by atoms with Gasteiger partial charge >= 0.3 is 0 Å². The first kappa shape index (κ1) is 11.2. The fraction of sp³-hybridized carbons (Fsp3) is 0.300. The number of carbonyl (C=O) groups is 1. The number of hydrogen-bond donors (Lipinski definition) is 2. The van der Waals surface area contributed by atoms with Crippen molar-refractivity contribution >= 4 is 11.6 Å². The molecule has 0 spiro atoms. The molecule has 0 radical (unpaired) electrons. The van der Waals surface area contributed by atoms with Gasteiger partial charge in [0.05, 0.1) is 17.9 Å². The van der Waals surface area contributed by atoms with Crippen molar-refractivity contribution in [1.29, 1.82) is 0 Å². The molecule has 2 heterocycles. The van der Waals surface area contributed by atoms with Crippen LogP contribution in [0.4, 0.5) is 5.69 Å². The van der Waals surface area contributed by atoms with Gasteiger partial charge in [0.1, 0.15) is 0 Å². The van der Waals surface area contributed by atoms with Crippen molar-refractivity contribution in [2.45, 2.75) is 6.54 Å². The Hall–Kier alpha value is -2.31. The molecule has 0 saturated heterocycles. The van der Waals surface area contributed by atoms with E-state index in [0.29, 0.717) is 12.2 Å². The highest BCUT2D eigenvalue weighted by Gasteiger charge is 2.13. The van der Waals surface area contributed by atoms with Crippen LogP contribution in [0.2, 0.25) is 0 Å². The Morgan fingerprint density at radius 3 is 2.71 bits per heavy atom. The molecule has 0 fully saturated rings. The molecule has 0 atom stereocenters. The summed E-state index contributed by atoms with van der Waals surface area (Å²) in [6.07, 6.45) is 3.41. The predicted molar refractivity (Wildman–Crippen MR) is 62.0 cm³/mol. The largest absolute Gasteiger partial charge is 0.396 e. The van der Waals surface area contributed by atoms with E-state index in [1.807, 2.05) is 19.3 Å². The highest BCUT2D eigenvalue weighted by molar-refractivity contribution is 5.96. The fourth-order valence-corrected chi connectivity index (χ4v) is 1.50. The molecule has 2 aromatic heterocycles. The Labute approximate surface area is 98.2 Å². The van der Waals surface area contributed by atoms with Crippen molar-refractivity contribution in [2.24, 2.45) is 14.1 Å². The summed E-state index contributed by atoms with van der Waals surface area (Å²) in [6.45, 7) is 0.357. The monoisotopic (exact) mass is 234 g/mol. The topological polar surface area (TPSA) is 90.8 Å². The molecule has 0 aliphatic rings. The average Bonchev–Trinajstić information content (AvgIpc) is 2.81. The van der Waals surface area contributed by atoms with E-state index in [0.717, 1.165) is 5.69 Å². The third-order valence-corrected chi connectivity index (χ3v) is 2.27. The minimum atomic E-state index is -0.297. The maximum absolute atomic E-state index is 11.8. The molecule has 2 aromatic rings. The van der Waals surface area contributed by atoms with Crippen LogP contribution in [-0.2, 0) is 20.6 Å². The zero-order valence-corrected chi connectivity index (χ0v) is 9.71. The lowest BCUT2D eigenvalue weighted by Gasteiger charge is -2.00. The molecule has 7 nitrogen and oxygen atoms in total. The summed E-state index contributed by atoms with van der Waals surface area (Å²) in [4.78, 5) is 11.8. The minimum Gasteiger partial charge on any atom is -0.396 e. The summed E-state index contributed by atoms with van der Waals surface area (Å²) in [7, 11) is 3.54. The van der Waals surface area contributed by atoms with E-state index in [2.05, 4.69) is 15.5 Å². The number of amides is 1. The number of rotatable bonds is 3. The normalized spacial score (nSPS) is 10.5. The van der Waals surface area contributed by atoms with Crippen molar-refractivity contribution in [3.63, 3.8) is 0 Å². The SMILES string of the molecule is Cn1ccc(CNC(=O)c2nn(C)cc2N)n1. The van der Waals surface area contributed by atoms with E-state index < -0.39 is 0 Å². The number of hydrogen-bond acceptors (Lipinski definition) is 4. The first-order valence-corrected chi connectivity index (χ1v) is 5.12. The van der Waals surface area contributed by atoms with Crippen molar-refractivity contribution in [1.82, 2.24) is 24.9 Å². The molecule has 3 N–H and O–H groups in total. The lowest BCUT2D eigenvalue weighted by Crippen LogP contribution is -2.24. The quantitative estimate of drug-likeness (QED) is 0.760. The van der Waals surface area contributed by atoms with Crippen LogP contribution >= 0.6 is 0 Å². The molecule has 7 heteroatoms. The third kappa shape index (κ3) is 2.44. The molecular weight excluding hydrogens is 220 g/mol. The Morgan fingerprint density at radius 2 is 2.18 bits per heavy atom. The molecule has 0 unspecified atom stereocenters. The van der Waals surface area contributed by atoms with Crippen molar-refractivity contribution in [2.75, 3.05) is 5.73 Å².